The van der Waals surface area contributed by atoms with Crippen molar-refractivity contribution in [2.24, 2.45) is 0 Å². The molecule has 1 heterocycles. The van der Waals surface area contributed by atoms with Crippen LogP contribution in [-0.4, -0.2) is 11.3 Å². The van der Waals surface area contributed by atoms with Gasteiger partial charge in [0, 0.05) is 16.0 Å². The lowest BCUT2D eigenvalue weighted by molar-refractivity contribution is 0.112. The van der Waals surface area contributed by atoms with E-state index >= 15 is 0 Å². The van der Waals surface area contributed by atoms with Gasteiger partial charge in [-0.2, -0.15) is 0 Å². The predicted molar refractivity (Wildman–Crippen MR) is 126 cm³/mol. The Balaban J connectivity index is 1.42. The number of pyridine rings is 1. The topological polar surface area (TPSA) is 30.0 Å². The Kier molecular flexibility index (Phi) is 6.36. The highest BCUT2D eigenvalue weighted by molar-refractivity contribution is 6.31. The predicted octanol–water partition coefficient (Wildman–Crippen LogP) is 7.05. The first-order valence-electron chi connectivity index (χ1n) is 10.1. The average molecular weight is 412 g/mol. The lowest BCUT2D eigenvalue weighted by Gasteiger charge is -2.06. The number of carbonyl (C=O) groups excluding carboxylic acids is 1. The van der Waals surface area contributed by atoms with Gasteiger partial charge in [0.15, 0.2) is 0 Å². The zero-order chi connectivity index (χ0) is 20.8. The Hall–Kier alpha value is -3.23. The van der Waals surface area contributed by atoms with Crippen molar-refractivity contribution in [3.8, 4) is 0 Å². The average Bonchev–Trinajstić information content (AvgIpc) is 2.78. The minimum absolute atomic E-state index is 0.694. The van der Waals surface area contributed by atoms with Crippen molar-refractivity contribution in [2.45, 2.75) is 19.3 Å². The van der Waals surface area contributed by atoms with E-state index in [4.69, 9.17) is 11.6 Å². The molecule has 0 saturated heterocycles. The molecule has 4 aromatic rings. The van der Waals surface area contributed by atoms with Crippen LogP contribution in [0.2, 0.25) is 5.02 Å². The van der Waals surface area contributed by atoms with Crippen LogP contribution in [0.15, 0.2) is 78.9 Å². The second-order valence-electron chi connectivity index (χ2n) is 7.32. The molecule has 3 aromatic carbocycles. The molecule has 0 aliphatic heterocycles. The smallest absolute Gasteiger partial charge is 0.150 e. The summed E-state index contributed by atoms with van der Waals surface area (Å²) < 4.78 is 0. The van der Waals surface area contributed by atoms with Crippen LogP contribution in [0.3, 0.4) is 0 Å². The van der Waals surface area contributed by atoms with Crippen molar-refractivity contribution in [2.75, 3.05) is 0 Å². The van der Waals surface area contributed by atoms with E-state index in [1.165, 1.54) is 5.56 Å². The number of hydrogen-bond donors (Lipinski definition) is 0. The Morgan fingerprint density at radius 1 is 0.833 bits per heavy atom. The number of carbonyl (C=O) groups is 1. The molecule has 4 rings (SSSR count). The van der Waals surface area contributed by atoms with Crippen molar-refractivity contribution in [1.82, 2.24) is 4.98 Å². The molecule has 148 valence electrons. The fourth-order valence-electron chi connectivity index (χ4n) is 3.59. The highest BCUT2D eigenvalue weighted by atomic mass is 35.5. The maximum atomic E-state index is 11.2. The van der Waals surface area contributed by atoms with Crippen molar-refractivity contribution in [3.05, 3.63) is 112 Å². The third-order valence-corrected chi connectivity index (χ3v) is 5.40. The van der Waals surface area contributed by atoms with Gasteiger partial charge in [-0.15, -0.1) is 0 Å². The van der Waals surface area contributed by atoms with E-state index in [2.05, 4.69) is 41.4 Å². The molecule has 0 aliphatic carbocycles. The first-order valence-corrected chi connectivity index (χ1v) is 10.5. The molecule has 0 atom stereocenters. The summed E-state index contributed by atoms with van der Waals surface area (Å²) in [7, 11) is 0. The first-order chi connectivity index (χ1) is 14.7. The molecule has 0 spiro atoms. The van der Waals surface area contributed by atoms with Crippen molar-refractivity contribution >= 4 is 40.9 Å². The molecule has 1 aromatic heterocycles. The van der Waals surface area contributed by atoms with Gasteiger partial charge < -0.3 is 0 Å². The number of aromatic nitrogens is 1. The van der Waals surface area contributed by atoms with Crippen LogP contribution in [-0.2, 0) is 12.8 Å². The fourth-order valence-corrected chi connectivity index (χ4v) is 3.76. The standard InChI is InChI=1S/C27H22ClNO/c28-25-14-12-23-13-16-26(29-27(23)18-25)15-11-21-6-3-5-20(17-21)7-4-10-22-8-1-2-9-24(22)19-30/h1-3,5-6,8-9,11-19H,4,7,10H2. The minimum atomic E-state index is 0.694. The monoisotopic (exact) mass is 411 g/mol. The summed E-state index contributed by atoms with van der Waals surface area (Å²) in [6.07, 6.45) is 7.93. The van der Waals surface area contributed by atoms with E-state index in [1.54, 1.807) is 0 Å². The SMILES string of the molecule is O=Cc1ccccc1CCCc1cccc(C=Cc2ccc3ccc(Cl)cc3n2)c1. The number of benzene rings is 3. The lowest BCUT2D eigenvalue weighted by Crippen LogP contribution is -1.95. The summed E-state index contributed by atoms with van der Waals surface area (Å²) in [6, 6.07) is 26.2. The van der Waals surface area contributed by atoms with Gasteiger partial charge in [-0.05, 0) is 60.2 Å². The molecular formula is C27H22ClNO. The molecule has 0 N–H and O–H groups in total. The number of aryl methyl sites for hydroxylation is 2. The van der Waals surface area contributed by atoms with Gasteiger partial charge in [0.25, 0.3) is 0 Å². The first kappa shape index (κ1) is 20.1. The summed E-state index contributed by atoms with van der Waals surface area (Å²) in [5.41, 5.74) is 6.15. The van der Waals surface area contributed by atoms with E-state index in [9.17, 15) is 4.79 Å². The van der Waals surface area contributed by atoms with Crippen LogP contribution < -0.4 is 0 Å². The number of hydrogen-bond acceptors (Lipinski definition) is 2. The summed E-state index contributed by atoms with van der Waals surface area (Å²) in [6.45, 7) is 0. The number of aldehydes is 1. The summed E-state index contributed by atoms with van der Waals surface area (Å²) >= 11 is 6.08. The van der Waals surface area contributed by atoms with Crippen LogP contribution >= 0.6 is 11.6 Å². The Morgan fingerprint density at radius 2 is 1.70 bits per heavy atom. The number of nitrogens with zero attached hydrogens (tertiary/aromatic N) is 1. The highest BCUT2D eigenvalue weighted by Gasteiger charge is 2.02. The third-order valence-electron chi connectivity index (χ3n) is 5.17. The maximum absolute atomic E-state index is 11.2. The molecule has 0 unspecified atom stereocenters. The molecule has 0 bridgehead atoms. The van der Waals surface area contributed by atoms with E-state index in [-0.39, 0.29) is 0 Å². The largest absolute Gasteiger partial charge is 0.298 e. The van der Waals surface area contributed by atoms with E-state index in [0.717, 1.165) is 58.8 Å². The van der Waals surface area contributed by atoms with Crippen molar-refractivity contribution in [3.63, 3.8) is 0 Å². The van der Waals surface area contributed by atoms with Crippen molar-refractivity contribution in [1.29, 1.82) is 0 Å². The second-order valence-corrected chi connectivity index (χ2v) is 7.76. The quantitative estimate of drug-likeness (QED) is 0.305. The third kappa shape index (κ3) is 5.03. The molecule has 0 radical (unpaired) electrons. The zero-order valence-electron chi connectivity index (χ0n) is 16.6. The van der Waals surface area contributed by atoms with Gasteiger partial charge in [-0.1, -0.05) is 78.3 Å². The van der Waals surface area contributed by atoms with Gasteiger partial charge in [0.05, 0.1) is 11.2 Å². The maximum Gasteiger partial charge on any atom is 0.150 e. The summed E-state index contributed by atoms with van der Waals surface area (Å²) in [5, 5.41) is 1.77. The van der Waals surface area contributed by atoms with Crippen LogP contribution in [0.4, 0.5) is 0 Å². The summed E-state index contributed by atoms with van der Waals surface area (Å²) in [4.78, 5) is 15.8. The van der Waals surface area contributed by atoms with Gasteiger partial charge >= 0.3 is 0 Å². The van der Waals surface area contributed by atoms with Gasteiger partial charge in [0.2, 0.25) is 0 Å². The van der Waals surface area contributed by atoms with E-state index in [0.29, 0.717) is 5.02 Å². The number of fused-ring (bicyclic) bond motifs is 1. The van der Waals surface area contributed by atoms with Gasteiger partial charge in [-0.25, -0.2) is 4.98 Å². The normalized spacial score (nSPS) is 11.2. The molecule has 0 aliphatic rings. The van der Waals surface area contributed by atoms with Crippen LogP contribution in [0.5, 0.6) is 0 Å². The molecular weight excluding hydrogens is 390 g/mol. The molecule has 0 amide bonds. The Morgan fingerprint density at radius 3 is 2.60 bits per heavy atom. The molecule has 30 heavy (non-hydrogen) atoms. The van der Waals surface area contributed by atoms with Crippen LogP contribution in [0.25, 0.3) is 23.1 Å². The molecule has 2 nitrogen and oxygen atoms in total. The second kappa shape index (κ2) is 9.51. The molecule has 0 saturated carbocycles. The van der Waals surface area contributed by atoms with Gasteiger partial charge in [-0.3, -0.25) is 4.79 Å². The van der Waals surface area contributed by atoms with E-state index in [1.807, 2.05) is 54.6 Å². The molecule has 3 heteroatoms. The minimum Gasteiger partial charge on any atom is -0.298 e. The van der Waals surface area contributed by atoms with Crippen LogP contribution in [0, 0.1) is 0 Å². The zero-order valence-corrected chi connectivity index (χ0v) is 17.3. The van der Waals surface area contributed by atoms with Crippen LogP contribution in [0.1, 0.15) is 39.2 Å². The lowest BCUT2D eigenvalue weighted by atomic mass is 9.99. The van der Waals surface area contributed by atoms with E-state index < -0.39 is 0 Å². The van der Waals surface area contributed by atoms with Crippen molar-refractivity contribution < 1.29 is 4.79 Å². The number of rotatable bonds is 7. The number of halogens is 1. The Bertz CT molecular complexity index is 1210. The Labute approximate surface area is 181 Å². The van der Waals surface area contributed by atoms with Gasteiger partial charge in [0.1, 0.15) is 6.29 Å². The summed E-state index contributed by atoms with van der Waals surface area (Å²) in [5.74, 6) is 0. The fraction of sp³-hybridized carbons (Fsp3) is 0.111. The highest BCUT2D eigenvalue weighted by Crippen LogP contribution is 2.19. The molecule has 0 fully saturated rings.